The molecule has 0 bridgehead atoms. The Balaban J connectivity index is 1.60. The van der Waals surface area contributed by atoms with Gasteiger partial charge in [0, 0.05) is 40.6 Å². The normalized spacial score (nSPS) is 28.6. The molecule has 0 radical (unpaired) electrons. The number of fused-ring (bicyclic) bond motifs is 4. The molecule has 1 heterocycles. The van der Waals surface area contributed by atoms with E-state index in [0.717, 1.165) is 11.0 Å². The maximum atomic E-state index is 13.3. The summed E-state index contributed by atoms with van der Waals surface area (Å²) in [5, 5.41) is 12.8. The third-order valence-corrected chi connectivity index (χ3v) is 8.03. The highest BCUT2D eigenvalue weighted by molar-refractivity contribution is 6.24. The standard InChI is InChI=1S/C28H23NO5/c1-13-11-21(30)24-20(25(13)31)12-19-16(9-10-18-23(19)28(34)29(2)27(18)33)22(24)17-8-7-14-5-3-4-6-15(14)26(17)32/h3-9,11,18-19,22-23,32H,10,12H2,1-2H3/t18-,19+,22+,23-/m0/s1. The number of amides is 2. The monoisotopic (exact) mass is 453 g/mol. The van der Waals surface area contributed by atoms with Crippen LogP contribution < -0.4 is 0 Å². The van der Waals surface area contributed by atoms with Crippen molar-refractivity contribution in [1.82, 2.24) is 4.90 Å². The van der Waals surface area contributed by atoms with E-state index in [2.05, 4.69) is 0 Å². The first kappa shape index (κ1) is 20.8. The highest BCUT2D eigenvalue weighted by atomic mass is 16.3. The molecule has 2 aromatic rings. The van der Waals surface area contributed by atoms with Crippen molar-refractivity contribution in [2.24, 2.45) is 17.8 Å². The van der Waals surface area contributed by atoms with Crippen molar-refractivity contribution >= 4 is 34.2 Å². The van der Waals surface area contributed by atoms with Gasteiger partial charge in [-0.3, -0.25) is 24.1 Å². The summed E-state index contributed by atoms with van der Waals surface area (Å²) in [6, 6.07) is 11.1. The molecule has 2 amide bonds. The van der Waals surface area contributed by atoms with E-state index in [9.17, 15) is 24.3 Å². The van der Waals surface area contributed by atoms with Gasteiger partial charge in [0.2, 0.25) is 11.8 Å². The minimum Gasteiger partial charge on any atom is -0.507 e. The van der Waals surface area contributed by atoms with Crippen LogP contribution in [0, 0.1) is 17.8 Å². The second kappa shape index (κ2) is 7.10. The van der Waals surface area contributed by atoms with Crippen molar-refractivity contribution in [3.8, 4) is 5.75 Å². The van der Waals surface area contributed by atoms with Crippen molar-refractivity contribution in [2.75, 3.05) is 7.05 Å². The van der Waals surface area contributed by atoms with E-state index in [1.165, 1.54) is 18.0 Å². The number of hydrogen-bond donors (Lipinski definition) is 1. The maximum Gasteiger partial charge on any atom is 0.233 e. The highest BCUT2D eigenvalue weighted by Crippen LogP contribution is 2.56. The lowest BCUT2D eigenvalue weighted by Crippen LogP contribution is -2.39. The van der Waals surface area contributed by atoms with Crippen LogP contribution in [0.4, 0.5) is 0 Å². The smallest absolute Gasteiger partial charge is 0.233 e. The Bertz CT molecular complexity index is 1440. The molecular formula is C28H23NO5. The topological polar surface area (TPSA) is 91.8 Å². The maximum absolute atomic E-state index is 13.3. The van der Waals surface area contributed by atoms with Gasteiger partial charge in [-0.25, -0.2) is 0 Å². The number of likely N-dealkylation sites (tertiary alicyclic amines) is 1. The van der Waals surface area contributed by atoms with Gasteiger partial charge >= 0.3 is 0 Å². The molecule has 3 aliphatic carbocycles. The first-order chi connectivity index (χ1) is 16.3. The van der Waals surface area contributed by atoms with Crippen LogP contribution in [0.15, 0.2) is 70.8 Å². The van der Waals surface area contributed by atoms with Gasteiger partial charge in [0.1, 0.15) is 5.75 Å². The molecule has 1 N–H and O–H groups in total. The number of benzene rings is 2. The summed E-state index contributed by atoms with van der Waals surface area (Å²) in [6.45, 7) is 1.62. The molecule has 6 rings (SSSR count). The average molecular weight is 453 g/mol. The van der Waals surface area contributed by atoms with E-state index < -0.39 is 17.8 Å². The first-order valence-corrected chi connectivity index (χ1v) is 11.5. The third kappa shape index (κ3) is 2.62. The van der Waals surface area contributed by atoms with Crippen LogP contribution in [0.5, 0.6) is 5.75 Å². The van der Waals surface area contributed by atoms with Crippen LogP contribution in [-0.2, 0) is 19.2 Å². The fourth-order valence-corrected chi connectivity index (χ4v) is 6.40. The van der Waals surface area contributed by atoms with Gasteiger partial charge < -0.3 is 5.11 Å². The molecule has 0 saturated carbocycles. The van der Waals surface area contributed by atoms with Crippen LogP contribution in [0.25, 0.3) is 10.8 Å². The summed E-state index contributed by atoms with van der Waals surface area (Å²) in [5.74, 6) is -2.85. The number of phenols is 1. The number of rotatable bonds is 1. The molecule has 0 spiro atoms. The summed E-state index contributed by atoms with van der Waals surface area (Å²) in [7, 11) is 1.50. The molecule has 34 heavy (non-hydrogen) atoms. The quantitative estimate of drug-likeness (QED) is 0.405. The SMILES string of the molecule is CC1=CC(=O)C2=C(C[C@@H]3C(=CC[C@@H]4C(=O)N(C)C(=O)[C@@H]43)[C@@H]2c2ccc3ccccc3c2O)C1=O. The first-order valence-electron chi connectivity index (χ1n) is 11.5. The minimum atomic E-state index is -0.645. The fourth-order valence-electron chi connectivity index (χ4n) is 6.40. The summed E-state index contributed by atoms with van der Waals surface area (Å²) in [5.41, 5.74) is 2.54. The second-order valence-corrected chi connectivity index (χ2v) is 9.69. The van der Waals surface area contributed by atoms with E-state index in [1.54, 1.807) is 13.0 Å². The molecule has 0 aromatic heterocycles. The Kier molecular flexibility index (Phi) is 4.34. The molecular weight excluding hydrogens is 430 g/mol. The number of imide groups is 1. The molecule has 2 aromatic carbocycles. The molecule has 4 atom stereocenters. The Morgan fingerprint density at radius 2 is 1.74 bits per heavy atom. The summed E-state index contributed by atoms with van der Waals surface area (Å²) in [4.78, 5) is 53.5. The van der Waals surface area contributed by atoms with Crippen molar-refractivity contribution in [1.29, 1.82) is 0 Å². The van der Waals surface area contributed by atoms with Gasteiger partial charge in [0.25, 0.3) is 0 Å². The summed E-state index contributed by atoms with van der Waals surface area (Å²) in [6.07, 6.45) is 3.98. The van der Waals surface area contributed by atoms with Crippen molar-refractivity contribution in [3.63, 3.8) is 0 Å². The summed E-state index contributed by atoms with van der Waals surface area (Å²) >= 11 is 0. The van der Waals surface area contributed by atoms with E-state index in [1.807, 2.05) is 36.4 Å². The third-order valence-electron chi connectivity index (χ3n) is 8.03. The lowest BCUT2D eigenvalue weighted by atomic mass is 9.59. The Labute approximate surface area is 196 Å². The van der Waals surface area contributed by atoms with Crippen molar-refractivity contribution in [2.45, 2.75) is 25.7 Å². The fraction of sp³-hybridized carbons (Fsp3) is 0.286. The number of carbonyl (C=O) groups is 4. The molecule has 1 fully saturated rings. The van der Waals surface area contributed by atoms with Gasteiger partial charge in [0.05, 0.1) is 11.8 Å². The minimum absolute atomic E-state index is 0.0658. The van der Waals surface area contributed by atoms with Crippen LogP contribution in [0.2, 0.25) is 0 Å². The predicted octanol–water partition coefficient (Wildman–Crippen LogP) is 3.60. The number of nitrogens with zero attached hydrogens (tertiary/aromatic N) is 1. The number of allylic oxidation sites excluding steroid dienone is 6. The van der Waals surface area contributed by atoms with E-state index in [4.69, 9.17) is 0 Å². The Morgan fingerprint density at radius 1 is 0.971 bits per heavy atom. The molecule has 6 nitrogen and oxygen atoms in total. The van der Waals surface area contributed by atoms with Gasteiger partial charge in [-0.15, -0.1) is 0 Å². The summed E-state index contributed by atoms with van der Waals surface area (Å²) < 4.78 is 0. The van der Waals surface area contributed by atoms with Gasteiger partial charge in [-0.2, -0.15) is 0 Å². The van der Waals surface area contributed by atoms with Gasteiger partial charge in [-0.05, 0) is 37.1 Å². The number of aromatic hydroxyl groups is 1. The molecule has 6 heteroatoms. The number of Topliss-reactive ketones (excluding diaryl/α,β-unsaturated/α-hetero) is 1. The highest BCUT2D eigenvalue weighted by Gasteiger charge is 2.55. The predicted molar refractivity (Wildman–Crippen MR) is 125 cm³/mol. The van der Waals surface area contributed by atoms with Crippen LogP contribution in [0.3, 0.4) is 0 Å². The lowest BCUT2D eigenvalue weighted by Gasteiger charge is -2.42. The molecule has 0 unspecified atom stereocenters. The molecule has 1 aliphatic heterocycles. The van der Waals surface area contributed by atoms with Gasteiger partial charge in [-0.1, -0.05) is 48.0 Å². The second-order valence-electron chi connectivity index (χ2n) is 9.69. The van der Waals surface area contributed by atoms with E-state index in [-0.39, 0.29) is 41.5 Å². The zero-order valence-corrected chi connectivity index (χ0v) is 18.9. The Hall–Kier alpha value is -3.80. The van der Waals surface area contributed by atoms with Crippen molar-refractivity contribution < 1.29 is 24.3 Å². The lowest BCUT2D eigenvalue weighted by molar-refractivity contribution is -0.138. The van der Waals surface area contributed by atoms with Crippen LogP contribution in [0.1, 0.15) is 31.2 Å². The van der Waals surface area contributed by atoms with Crippen LogP contribution in [-0.4, -0.2) is 40.4 Å². The zero-order valence-electron chi connectivity index (χ0n) is 18.9. The number of carbonyl (C=O) groups excluding carboxylic acids is 4. The molecule has 1 saturated heterocycles. The number of ketones is 2. The largest absolute Gasteiger partial charge is 0.507 e. The van der Waals surface area contributed by atoms with E-state index >= 15 is 0 Å². The molecule has 170 valence electrons. The average Bonchev–Trinajstić information content (AvgIpc) is 3.06. The van der Waals surface area contributed by atoms with Crippen molar-refractivity contribution in [3.05, 3.63) is 76.4 Å². The number of hydrogen-bond acceptors (Lipinski definition) is 5. The van der Waals surface area contributed by atoms with Crippen LogP contribution >= 0.6 is 0 Å². The van der Waals surface area contributed by atoms with Gasteiger partial charge in [0.15, 0.2) is 11.6 Å². The Morgan fingerprint density at radius 3 is 2.53 bits per heavy atom. The molecule has 4 aliphatic rings. The van der Waals surface area contributed by atoms with E-state index in [0.29, 0.717) is 34.1 Å². The number of phenolic OH excluding ortho intramolecular Hbond substituents is 1. The zero-order chi connectivity index (χ0) is 23.9.